The molecule has 1 aromatic carbocycles. The van der Waals surface area contributed by atoms with Crippen LogP contribution in [0, 0.1) is 10.1 Å². The van der Waals surface area contributed by atoms with Crippen molar-refractivity contribution in [2.45, 2.75) is 0 Å². The van der Waals surface area contributed by atoms with Crippen molar-refractivity contribution < 1.29 is 10.0 Å². The quantitative estimate of drug-likeness (QED) is 0.453. The Labute approximate surface area is 78.5 Å². The lowest BCUT2D eigenvalue weighted by Crippen LogP contribution is -2.33. The first-order valence-electron chi connectivity index (χ1n) is 3.22. The molecule has 1 rings (SSSR count). The van der Waals surface area contributed by atoms with E-state index in [9.17, 15) is 10.1 Å². The second kappa shape index (κ2) is 3.92. The Morgan fingerprint density at radius 3 is 2.85 bits per heavy atom. The molecule has 0 heterocycles. The van der Waals surface area contributed by atoms with Crippen LogP contribution in [0.25, 0.3) is 0 Å². The molecule has 0 aromatic heterocycles. The highest BCUT2D eigenvalue weighted by atomic mass is 35.5. The van der Waals surface area contributed by atoms with Crippen LogP contribution in [0.3, 0.4) is 0 Å². The van der Waals surface area contributed by atoms with Gasteiger partial charge in [0.15, 0.2) is 0 Å². The van der Waals surface area contributed by atoms with Gasteiger partial charge in [-0.05, 0) is 18.2 Å². The first kappa shape index (κ1) is 9.56. The number of benzene rings is 1. The molecule has 70 valence electrons. The highest BCUT2D eigenvalue weighted by molar-refractivity contribution is 6.30. The van der Waals surface area contributed by atoms with E-state index in [4.69, 9.17) is 17.4 Å². The molecule has 2 N–H and O–H groups in total. The summed E-state index contributed by atoms with van der Waals surface area (Å²) in [5, 5.41) is 9.82. The molecule has 1 aromatic rings. The van der Waals surface area contributed by atoms with Gasteiger partial charge in [-0.2, -0.15) is 4.94 Å². The molecule has 0 saturated heterocycles. The van der Waals surface area contributed by atoms with Crippen LogP contribution >= 0.6 is 11.6 Å². The van der Waals surface area contributed by atoms with E-state index in [0.717, 1.165) is 0 Å². The summed E-state index contributed by atoms with van der Waals surface area (Å²) in [5.74, 6) is 5.18. The number of nitrogens with two attached hydrogens (primary N) is 1. The molecule has 0 spiro atoms. The number of hydrogen-bond acceptors (Lipinski definition) is 5. The first-order valence-corrected chi connectivity index (χ1v) is 3.60. The van der Waals surface area contributed by atoms with E-state index in [1.807, 2.05) is 0 Å². The van der Waals surface area contributed by atoms with E-state index in [2.05, 4.69) is 4.94 Å². The summed E-state index contributed by atoms with van der Waals surface area (Å²) in [5.41, 5.74) is 0.296. The van der Waals surface area contributed by atoms with E-state index in [1.54, 1.807) is 12.1 Å². The van der Waals surface area contributed by atoms with Gasteiger partial charge in [-0.1, -0.05) is 17.7 Å². The van der Waals surface area contributed by atoms with E-state index in [-0.39, 0.29) is 0 Å². The molecule has 0 amide bonds. The maximum absolute atomic E-state index is 9.90. The van der Waals surface area contributed by atoms with Crippen molar-refractivity contribution in [3.05, 3.63) is 39.4 Å². The van der Waals surface area contributed by atoms with Gasteiger partial charge in [-0.25, -0.2) is 5.84 Å². The second-order valence-electron chi connectivity index (χ2n) is 2.11. The molecule has 0 bridgehead atoms. The van der Waals surface area contributed by atoms with Crippen molar-refractivity contribution in [1.82, 2.24) is 0 Å². The van der Waals surface area contributed by atoms with E-state index < -0.39 is 5.09 Å². The van der Waals surface area contributed by atoms with Gasteiger partial charge in [0, 0.05) is 5.02 Å². The lowest BCUT2D eigenvalue weighted by molar-refractivity contribution is -0.762. The Balaban J connectivity index is 2.76. The summed E-state index contributed by atoms with van der Waals surface area (Å²) >= 11 is 5.62. The van der Waals surface area contributed by atoms with Crippen LogP contribution in [0.2, 0.25) is 5.02 Å². The summed E-state index contributed by atoms with van der Waals surface area (Å²) in [6.07, 6.45) is 0. The first-order chi connectivity index (χ1) is 6.09. The van der Waals surface area contributed by atoms with Crippen molar-refractivity contribution >= 4 is 17.3 Å². The average molecular weight is 204 g/mol. The molecule has 0 fully saturated rings. The fourth-order valence-electron chi connectivity index (χ4n) is 0.732. The minimum Gasteiger partial charge on any atom is -0.223 e. The van der Waals surface area contributed by atoms with Gasteiger partial charge < -0.3 is 0 Å². The van der Waals surface area contributed by atoms with Gasteiger partial charge in [0.05, 0.1) is 5.69 Å². The number of anilines is 1. The lowest BCUT2D eigenvalue weighted by atomic mass is 10.3. The summed E-state index contributed by atoms with van der Waals surface area (Å²) in [7, 11) is 0. The highest BCUT2D eigenvalue weighted by Gasteiger charge is 2.05. The largest absolute Gasteiger partial charge is 0.318 e. The molecule has 0 radical (unpaired) electrons. The number of hydrazine groups is 1. The monoisotopic (exact) mass is 203 g/mol. The summed E-state index contributed by atoms with van der Waals surface area (Å²) in [6, 6.07) is 6.17. The molecule has 13 heavy (non-hydrogen) atoms. The predicted octanol–water partition coefficient (Wildman–Crippen LogP) is 1.14. The zero-order valence-corrected chi connectivity index (χ0v) is 7.14. The van der Waals surface area contributed by atoms with Gasteiger partial charge in [-0.3, -0.25) is 0 Å². The minimum absolute atomic E-state index is 0.296. The van der Waals surface area contributed by atoms with Crippen molar-refractivity contribution in [3.8, 4) is 0 Å². The van der Waals surface area contributed by atoms with Gasteiger partial charge >= 0.3 is 5.09 Å². The Bertz CT molecular complexity index is 320. The average Bonchev–Trinajstić information content (AvgIpc) is 2.03. The Kier molecular flexibility index (Phi) is 2.88. The van der Waals surface area contributed by atoms with Gasteiger partial charge in [0.25, 0.3) is 0 Å². The Morgan fingerprint density at radius 1 is 1.62 bits per heavy atom. The predicted molar refractivity (Wildman–Crippen MR) is 46.2 cm³/mol. The second-order valence-corrected chi connectivity index (χ2v) is 2.55. The fourth-order valence-corrected chi connectivity index (χ4v) is 0.917. The molecular formula is C6H6ClN3O3. The number of hydrogen-bond donors (Lipinski definition) is 1. The molecule has 0 aliphatic heterocycles. The van der Waals surface area contributed by atoms with Gasteiger partial charge in [0.2, 0.25) is 0 Å². The van der Waals surface area contributed by atoms with Gasteiger partial charge in [0.1, 0.15) is 0 Å². The lowest BCUT2D eigenvalue weighted by Gasteiger charge is -2.13. The van der Waals surface area contributed by atoms with Crippen molar-refractivity contribution in [1.29, 1.82) is 0 Å². The van der Waals surface area contributed by atoms with Crippen molar-refractivity contribution in [2.75, 3.05) is 5.17 Å². The van der Waals surface area contributed by atoms with Crippen LogP contribution in [0.15, 0.2) is 24.3 Å². The maximum Gasteiger partial charge on any atom is 0.318 e. The molecule has 7 heteroatoms. The fraction of sp³-hybridized carbons (Fsp3) is 0. The molecule has 0 atom stereocenters. The van der Waals surface area contributed by atoms with E-state index in [0.29, 0.717) is 15.9 Å². The maximum atomic E-state index is 9.90. The Morgan fingerprint density at radius 2 is 2.31 bits per heavy atom. The number of halogens is 1. The molecular weight excluding hydrogens is 198 g/mol. The molecule has 6 nitrogen and oxygen atoms in total. The Hall–Kier alpha value is -1.53. The molecule has 0 aliphatic carbocycles. The SMILES string of the molecule is NN(O[N+](=O)[O-])c1cccc(Cl)c1. The number of rotatable bonds is 3. The van der Waals surface area contributed by atoms with E-state index in [1.165, 1.54) is 12.1 Å². The van der Waals surface area contributed by atoms with Gasteiger partial charge in [-0.15, -0.1) is 15.3 Å². The van der Waals surface area contributed by atoms with Crippen LogP contribution in [0.1, 0.15) is 0 Å². The van der Waals surface area contributed by atoms with Crippen LogP contribution in [0.4, 0.5) is 5.69 Å². The third kappa shape index (κ3) is 2.77. The normalized spacial score (nSPS) is 9.38. The van der Waals surface area contributed by atoms with Crippen molar-refractivity contribution in [3.63, 3.8) is 0 Å². The number of nitrogens with zero attached hydrogens (tertiary/aromatic N) is 2. The summed E-state index contributed by atoms with van der Waals surface area (Å²) < 4.78 is 0. The molecule has 0 aliphatic rings. The standard InChI is InChI=1S/C6H6ClN3O3/c7-5-2-1-3-6(4-5)9(8)13-10(11)12/h1-4H,8H2. The molecule has 0 unspecified atom stereocenters. The zero-order valence-electron chi connectivity index (χ0n) is 6.38. The molecule has 0 saturated carbocycles. The minimum atomic E-state index is -1.01. The smallest absolute Gasteiger partial charge is 0.223 e. The van der Waals surface area contributed by atoms with Crippen LogP contribution < -0.4 is 11.0 Å². The third-order valence-electron chi connectivity index (χ3n) is 1.22. The van der Waals surface area contributed by atoms with Crippen molar-refractivity contribution in [2.24, 2.45) is 5.84 Å². The highest BCUT2D eigenvalue weighted by Crippen LogP contribution is 2.17. The summed E-state index contributed by atoms with van der Waals surface area (Å²) in [4.78, 5) is 13.9. The zero-order chi connectivity index (χ0) is 9.84. The third-order valence-corrected chi connectivity index (χ3v) is 1.45. The van der Waals surface area contributed by atoms with Crippen LogP contribution in [-0.4, -0.2) is 5.09 Å². The van der Waals surface area contributed by atoms with Crippen LogP contribution in [0.5, 0.6) is 0 Å². The van der Waals surface area contributed by atoms with Crippen LogP contribution in [-0.2, 0) is 4.94 Å². The van der Waals surface area contributed by atoms with E-state index >= 15 is 0 Å². The summed E-state index contributed by atoms with van der Waals surface area (Å²) in [6.45, 7) is 0. The topological polar surface area (TPSA) is 81.6 Å².